The zero-order valence-corrected chi connectivity index (χ0v) is 33.8. The van der Waals surface area contributed by atoms with Gasteiger partial charge in [0.25, 0.3) is 0 Å². The molecule has 0 aliphatic rings. The first kappa shape index (κ1) is 48.4. The second kappa shape index (κ2) is 28.0. The normalized spacial score (nSPS) is 10.5. The number of ether oxygens (including phenoxy) is 1. The van der Waals surface area contributed by atoms with E-state index in [1.807, 2.05) is 77.2 Å². The topological polar surface area (TPSA) is 63.7 Å². The van der Waals surface area contributed by atoms with Crippen LogP contribution >= 0.6 is 22.7 Å². The summed E-state index contributed by atoms with van der Waals surface area (Å²) in [5, 5.41) is 9.79. The maximum Gasteiger partial charge on any atom is 0.392 e. The van der Waals surface area contributed by atoms with E-state index in [2.05, 4.69) is 87.0 Å². The fourth-order valence-corrected chi connectivity index (χ4v) is 5.29. The van der Waals surface area contributed by atoms with Crippen molar-refractivity contribution in [2.24, 2.45) is 0 Å². The van der Waals surface area contributed by atoms with Gasteiger partial charge in [0.2, 0.25) is 0 Å². The predicted molar refractivity (Wildman–Crippen MR) is 214 cm³/mol. The van der Waals surface area contributed by atoms with Crippen molar-refractivity contribution in [3.8, 4) is 17.0 Å². The molecular formula is C40H59F3N4OS2. The molecule has 0 saturated heterocycles. The van der Waals surface area contributed by atoms with Crippen molar-refractivity contribution in [2.45, 2.75) is 108 Å². The van der Waals surface area contributed by atoms with E-state index in [9.17, 15) is 13.2 Å². The van der Waals surface area contributed by atoms with Gasteiger partial charge in [-0.1, -0.05) is 104 Å². The van der Waals surface area contributed by atoms with Crippen molar-refractivity contribution < 1.29 is 17.9 Å². The van der Waals surface area contributed by atoms with Crippen molar-refractivity contribution in [2.75, 3.05) is 7.11 Å². The van der Waals surface area contributed by atoms with E-state index in [0.29, 0.717) is 5.92 Å². The van der Waals surface area contributed by atoms with Crippen molar-refractivity contribution in [1.82, 2.24) is 20.2 Å². The lowest BCUT2D eigenvalue weighted by Crippen LogP contribution is -2.03. The lowest BCUT2D eigenvalue weighted by Gasteiger charge is -2.01. The molecule has 5 nitrogen and oxygen atoms in total. The van der Waals surface area contributed by atoms with Crippen LogP contribution in [-0.4, -0.2) is 33.5 Å². The summed E-state index contributed by atoms with van der Waals surface area (Å²) in [7, 11) is 1.67. The number of hydrogen-bond donors (Lipinski definition) is 1. The molecule has 10 heteroatoms. The number of allylic oxidation sites excluding steroid dienone is 6. The molecule has 3 heterocycles. The van der Waals surface area contributed by atoms with Crippen LogP contribution in [-0.2, 0) is 12.8 Å². The summed E-state index contributed by atoms with van der Waals surface area (Å²) < 4.78 is 38.1. The molecule has 278 valence electrons. The zero-order chi connectivity index (χ0) is 38.7. The summed E-state index contributed by atoms with van der Waals surface area (Å²) in [6, 6.07) is 10.00. The Labute approximate surface area is 308 Å². The Kier molecular flexibility index (Phi) is 27.1. The number of alkyl halides is 3. The van der Waals surface area contributed by atoms with Crippen molar-refractivity contribution in [3.63, 3.8) is 0 Å². The predicted octanol–water partition coefficient (Wildman–Crippen LogP) is 13.6. The highest BCUT2D eigenvalue weighted by atomic mass is 32.1. The van der Waals surface area contributed by atoms with Gasteiger partial charge in [-0.2, -0.15) is 18.3 Å². The van der Waals surface area contributed by atoms with Crippen LogP contribution in [0.25, 0.3) is 16.8 Å². The number of thiazole rings is 2. The van der Waals surface area contributed by atoms with Crippen LogP contribution in [0.1, 0.15) is 106 Å². The molecular weight excluding hydrogens is 674 g/mol. The number of rotatable bonds is 9. The highest BCUT2D eigenvalue weighted by molar-refractivity contribution is 7.12. The quantitative estimate of drug-likeness (QED) is 0.137. The van der Waals surface area contributed by atoms with E-state index < -0.39 is 12.6 Å². The highest BCUT2D eigenvalue weighted by Gasteiger charge is 2.23. The van der Waals surface area contributed by atoms with Gasteiger partial charge in [0.1, 0.15) is 5.75 Å². The number of H-pyrrole nitrogens is 1. The maximum atomic E-state index is 11.0. The molecule has 4 rings (SSSR count). The molecule has 0 saturated carbocycles. The Balaban J connectivity index is 0. The van der Waals surface area contributed by atoms with E-state index in [1.165, 1.54) is 31.0 Å². The molecule has 0 aliphatic carbocycles. The van der Waals surface area contributed by atoms with Crippen molar-refractivity contribution in [1.29, 1.82) is 0 Å². The van der Waals surface area contributed by atoms with Crippen LogP contribution in [0.2, 0.25) is 0 Å². The Morgan fingerprint density at radius 3 is 2.02 bits per heavy atom. The molecule has 0 fully saturated rings. The maximum absolute atomic E-state index is 11.0. The molecule has 1 N–H and O–H groups in total. The van der Waals surface area contributed by atoms with Gasteiger partial charge in [0.15, 0.2) is 0 Å². The monoisotopic (exact) mass is 732 g/mol. The van der Waals surface area contributed by atoms with E-state index in [-0.39, 0.29) is 0 Å². The van der Waals surface area contributed by atoms with Gasteiger partial charge in [-0.25, -0.2) is 9.97 Å². The van der Waals surface area contributed by atoms with Crippen LogP contribution < -0.4 is 4.74 Å². The van der Waals surface area contributed by atoms with Gasteiger partial charge in [0, 0.05) is 22.3 Å². The fraction of sp³-hybridized carbons (Fsp3) is 0.425. The number of nitrogens with one attached hydrogen (secondary N) is 1. The van der Waals surface area contributed by atoms with E-state index in [1.54, 1.807) is 35.9 Å². The highest BCUT2D eigenvalue weighted by Crippen LogP contribution is 2.25. The summed E-state index contributed by atoms with van der Waals surface area (Å²) in [6.45, 7) is 29.4. The summed E-state index contributed by atoms with van der Waals surface area (Å²) in [5.74, 6) is 1.32. The number of halogens is 3. The molecule has 0 spiro atoms. The molecule has 3 aromatic heterocycles. The Hall–Kier alpha value is -3.76. The van der Waals surface area contributed by atoms with Crippen LogP contribution in [0, 0.1) is 13.8 Å². The first-order valence-electron chi connectivity index (χ1n) is 17.0. The van der Waals surface area contributed by atoms with Gasteiger partial charge in [-0.15, -0.1) is 29.3 Å². The summed E-state index contributed by atoms with van der Waals surface area (Å²) in [4.78, 5) is 11.2. The van der Waals surface area contributed by atoms with E-state index in [4.69, 9.17) is 4.74 Å². The number of benzene rings is 1. The third kappa shape index (κ3) is 20.0. The van der Waals surface area contributed by atoms with Crippen molar-refractivity contribution >= 4 is 28.2 Å². The van der Waals surface area contributed by atoms with Gasteiger partial charge >= 0.3 is 6.18 Å². The number of methoxy groups -OCH3 is 1. The molecule has 0 aliphatic heterocycles. The average molecular weight is 733 g/mol. The zero-order valence-electron chi connectivity index (χ0n) is 32.2. The van der Waals surface area contributed by atoms with Crippen LogP contribution in [0.15, 0.2) is 80.1 Å². The SMILES string of the molecule is C=C/C=C(\C=C/C)c1cnc(CC)s1.C=CCC(F)(F)F.CC.CC.CCc1nc(C)c(C)s1.COc1cccc(-c2cc(C(C)C)[nH]n2)c1. The molecule has 50 heavy (non-hydrogen) atoms. The number of hydrogen-bond acceptors (Lipinski definition) is 6. The third-order valence-electron chi connectivity index (χ3n) is 6.12. The second-order valence-corrected chi connectivity index (χ2v) is 12.5. The van der Waals surface area contributed by atoms with Gasteiger partial charge in [-0.3, -0.25) is 5.10 Å². The molecule has 0 radical (unpaired) electrons. The van der Waals surface area contributed by atoms with E-state index >= 15 is 0 Å². The molecule has 4 aromatic rings. The lowest BCUT2D eigenvalue weighted by atomic mass is 10.1. The molecule has 0 bridgehead atoms. The van der Waals surface area contributed by atoms with Crippen LogP contribution in [0.5, 0.6) is 5.75 Å². The third-order valence-corrected chi connectivity index (χ3v) is 8.53. The minimum absolute atomic E-state index is 0.465. The lowest BCUT2D eigenvalue weighted by molar-refractivity contribution is -0.124. The Morgan fingerprint density at radius 1 is 1.00 bits per heavy atom. The summed E-state index contributed by atoms with van der Waals surface area (Å²) in [6.07, 6.45) is 7.79. The largest absolute Gasteiger partial charge is 0.497 e. The Bertz CT molecular complexity index is 1510. The smallest absolute Gasteiger partial charge is 0.392 e. The number of aromatic nitrogens is 4. The fourth-order valence-electron chi connectivity index (χ4n) is 3.55. The second-order valence-electron chi connectivity index (χ2n) is 10.1. The standard InChI is InChI=1S/C13H16N2O.C12H15NS.C7H11NS.C4H5F3.2C2H6/c1-9(2)12-8-13(15-14-12)10-5-4-6-11(7-10)16-3;1-4-7-10(8-5-2)11-9-13-12(6-3)14-11;1-4-7-8-5(2)6(3)9-7;1-2-3-4(5,6)7;2*1-2/h4-9H,1-3H3,(H,14,15);4-5,7-9H,1,6H2,2-3H3;4H2,1-3H3;2H,1,3H2;2*1-2H3/b;8-5-,10-7+;;;;. The van der Waals surface area contributed by atoms with Crippen LogP contribution in [0.3, 0.4) is 0 Å². The average Bonchev–Trinajstić information content (AvgIpc) is 3.88. The van der Waals surface area contributed by atoms with Crippen molar-refractivity contribution in [3.05, 3.63) is 111 Å². The summed E-state index contributed by atoms with van der Waals surface area (Å²) in [5.41, 5.74) is 5.56. The number of aromatic amines is 1. The minimum Gasteiger partial charge on any atom is -0.497 e. The first-order chi connectivity index (χ1) is 23.8. The minimum atomic E-state index is -4.07. The molecule has 0 atom stereocenters. The van der Waals surface area contributed by atoms with Crippen LogP contribution in [0.4, 0.5) is 13.2 Å². The summed E-state index contributed by atoms with van der Waals surface area (Å²) >= 11 is 3.55. The number of nitrogens with zero attached hydrogens (tertiary/aromatic N) is 3. The molecule has 1 aromatic carbocycles. The van der Waals surface area contributed by atoms with Gasteiger partial charge < -0.3 is 4.74 Å². The van der Waals surface area contributed by atoms with E-state index in [0.717, 1.165) is 41.6 Å². The molecule has 0 amide bonds. The molecule has 0 unspecified atom stereocenters. The number of aryl methyl sites for hydroxylation is 4. The van der Waals surface area contributed by atoms with Gasteiger partial charge in [0.05, 0.1) is 39.8 Å². The first-order valence-corrected chi connectivity index (χ1v) is 18.7. The van der Waals surface area contributed by atoms with Gasteiger partial charge in [-0.05, 0) is 63.3 Å². The Morgan fingerprint density at radius 2 is 1.64 bits per heavy atom.